The molecule has 110 valence electrons. The van der Waals surface area contributed by atoms with Crippen molar-refractivity contribution in [3.05, 3.63) is 0 Å². The zero-order valence-corrected chi connectivity index (χ0v) is 13.3. The van der Waals surface area contributed by atoms with Crippen molar-refractivity contribution < 1.29 is 0 Å². The van der Waals surface area contributed by atoms with Crippen molar-refractivity contribution in [2.45, 2.75) is 46.6 Å². The van der Waals surface area contributed by atoms with E-state index in [0.717, 1.165) is 35.6 Å². The molecule has 1 unspecified atom stereocenters. The standard InChI is InChI=1S/C17H32N2/c1-12(2)17-15-10-18(11-16(15)17)9-14-5-7-19(8-6-14)13(3)4/h12-17H,5-11H2,1-4H3/t15-,16+,17?. The summed E-state index contributed by atoms with van der Waals surface area (Å²) in [6.45, 7) is 16.4. The van der Waals surface area contributed by atoms with Gasteiger partial charge in [-0.1, -0.05) is 13.8 Å². The molecule has 2 heteroatoms. The van der Waals surface area contributed by atoms with Crippen molar-refractivity contribution in [3.8, 4) is 0 Å². The average Bonchev–Trinajstić information content (AvgIpc) is 2.88. The summed E-state index contributed by atoms with van der Waals surface area (Å²) >= 11 is 0. The van der Waals surface area contributed by atoms with Gasteiger partial charge in [-0.05, 0) is 69.4 Å². The molecule has 1 aliphatic carbocycles. The Labute approximate surface area is 119 Å². The van der Waals surface area contributed by atoms with E-state index in [1.807, 2.05) is 0 Å². The van der Waals surface area contributed by atoms with E-state index in [2.05, 4.69) is 37.5 Å². The Balaban J connectivity index is 1.39. The quantitative estimate of drug-likeness (QED) is 0.770. The molecule has 3 fully saturated rings. The van der Waals surface area contributed by atoms with Gasteiger partial charge in [-0.25, -0.2) is 0 Å². The fourth-order valence-corrected chi connectivity index (χ4v) is 4.81. The fourth-order valence-electron chi connectivity index (χ4n) is 4.81. The maximum atomic E-state index is 2.78. The summed E-state index contributed by atoms with van der Waals surface area (Å²) in [5, 5.41) is 0. The summed E-state index contributed by atoms with van der Waals surface area (Å²) in [6.07, 6.45) is 2.86. The maximum Gasteiger partial charge on any atom is 0.00385 e. The molecule has 1 saturated carbocycles. The van der Waals surface area contributed by atoms with Gasteiger partial charge in [-0.2, -0.15) is 0 Å². The van der Waals surface area contributed by atoms with E-state index in [1.54, 1.807) is 0 Å². The number of hydrogen-bond donors (Lipinski definition) is 0. The Morgan fingerprint density at radius 3 is 2.00 bits per heavy atom. The lowest BCUT2D eigenvalue weighted by Crippen LogP contribution is -2.41. The zero-order valence-electron chi connectivity index (χ0n) is 13.3. The predicted molar refractivity (Wildman–Crippen MR) is 81.2 cm³/mol. The second kappa shape index (κ2) is 5.37. The lowest BCUT2D eigenvalue weighted by atomic mass is 9.95. The first kappa shape index (κ1) is 13.9. The SMILES string of the molecule is CC(C)C1[C@H]2CN(CC3CCN(C(C)C)CC3)C[C@@H]12. The molecule has 2 nitrogen and oxygen atoms in total. The van der Waals surface area contributed by atoms with Crippen LogP contribution in [0.15, 0.2) is 0 Å². The maximum absolute atomic E-state index is 2.78. The van der Waals surface area contributed by atoms with E-state index >= 15 is 0 Å². The Kier molecular flexibility index (Phi) is 3.92. The van der Waals surface area contributed by atoms with Crippen molar-refractivity contribution in [2.24, 2.45) is 29.6 Å². The molecule has 3 atom stereocenters. The highest BCUT2D eigenvalue weighted by molar-refractivity contribution is 5.06. The predicted octanol–water partition coefficient (Wildman–Crippen LogP) is 2.94. The van der Waals surface area contributed by atoms with Crippen LogP contribution in [0.25, 0.3) is 0 Å². The van der Waals surface area contributed by atoms with Crippen LogP contribution in [0.5, 0.6) is 0 Å². The first-order chi connectivity index (χ1) is 9.06. The summed E-state index contributed by atoms with van der Waals surface area (Å²) in [5.74, 6) is 5.10. The second-order valence-corrected chi connectivity index (χ2v) is 7.94. The molecule has 0 aromatic carbocycles. The minimum Gasteiger partial charge on any atom is -0.302 e. The first-order valence-corrected chi connectivity index (χ1v) is 8.52. The molecular weight excluding hydrogens is 232 g/mol. The van der Waals surface area contributed by atoms with E-state index in [0.29, 0.717) is 0 Å². The third kappa shape index (κ3) is 2.85. The number of fused-ring (bicyclic) bond motifs is 1. The molecule has 0 amide bonds. The zero-order chi connectivity index (χ0) is 13.6. The number of hydrogen-bond acceptors (Lipinski definition) is 2. The first-order valence-electron chi connectivity index (χ1n) is 8.52. The molecule has 0 aromatic heterocycles. The number of nitrogens with zero attached hydrogens (tertiary/aromatic N) is 2. The summed E-state index contributed by atoms with van der Waals surface area (Å²) < 4.78 is 0. The van der Waals surface area contributed by atoms with E-state index in [9.17, 15) is 0 Å². The minimum atomic E-state index is 0.743. The van der Waals surface area contributed by atoms with Crippen LogP contribution in [0.4, 0.5) is 0 Å². The van der Waals surface area contributed by atoms with Gasteiger partial charge in [0.05, 0.1) is 0 Å². The third-order valence-corrected chi connectivity index (χ3v) is 6.00. The lowest BCUT2D eigenvalue weighted by molar-refractivity contribution is 0.122. The Morgan fingerprint density at radius 1 is 0.947 bits per heavy atom. The van der Waals surface area contributed by atoms with Gasteiger partial charge in [0.25, 0.3) is 0 Å². The van der Waals surface area contributed by atoms with E-state index in [4.69, 9.17) is 0 Å². The van der Waals surface area contributed by atoms with Gasteiger partial charge in [-0.3, -0.25) is 0 Å². The molecule has 3 aliphatic rings. The number of likely N-dealkylation sites (tertiary alicyclic amines) is 2. The topological polar surface area (TPSA) is 6.48 Å². The molecule has 0 aromatic rings. The fraction of sp³-hybridized carbons (Fsp3) is 1.00. The Bertz CT molecular complexity index is 286. The van der Waals surface area contributed by atoms with Crippen molar-refractivity contribution in [1.82, 2.24) is 9.80 Å². The lowest BCUT2D eigenvalue weighted by Gasteiger charge is -2.36. The van der Waals surface area contributed by atoms with Crippen LogP contribution in [0.2, 0.25) is 0 Å². The minimum absolute atomic E-state index is 0.743. The van der Waals surface area contributed by atoms with E-state index < -0.39 is 0 Å². The highest BCUT2D eigenvalue weighted by Crippen LogP contribution is 2.55. The van der Waals surface area contributed by atoms with Crippen LogP contribution < -0.4 is 0 Å². The summed E-state index contributed by atoms with van der Waals surface area (Å²) in [6, 6.07) is 0.743. The van der Waals surface area contributed by atoms with E-state index in [1.165, 1.54) is 45.6 Å². The van der Waals surface area contributed by atoms with Gasteiger partial charge in [-0.15, -0.1) is 0 Å². The summed E-state index contributed by atoms with van der Waals surface area (Å²) in [7, 11) is 0. The second-order valence-electron chi connectivity index (χ2n) is 7.94. The molecule has 0 spiro atoms. The van der Waals surface area contributed by atoms with Crippen LogP contribution in [0, 0.1) is 29.6 Å². The molecule has 3 rings (SSSR count). The monoisotopic (exact) mass is 264 g/mol. The molecule has 2 aliphatic heterocycles. The number of rotatable bonds is 4. The normalized spacial score (nSPS) is 37.3. The Morgan fingerprint density at radius 2 is 1.53 bits per heavy atom. The van der Waals surface area contributed by atoms with Crippen LogP contribution in [-0.2, 0) is 0 Å². The van der Waals surface area contributed by atoms with Crippen LogP contribution in [-0.4, -0.2) is 48.6 Å². The molecule has 19 heavy (non-hydrogen) atoms. The molecule has 2 heterocycles. The van der Waals surface area contributed by atoms with Gasteiger partial charge in [0, 0.05) is 25.7 Å². The molecule has 0 N–H and O–H groups in total. The largest absolute Gasteiger partial charge is 0.302 e. The summed E-state index contributed by atoms with van der Waals surface area (Å²) in [5.41, 5.74) is 0. The van der Waals surface area contributed by atoms with Crippen molar-refractivity contribution in [1.29, 1.82) is 0 Å². The van der Waals surface area contributed by atoms with Crippen LogP contribution in [0.3, 0.4) is 0 Å². The molecular formula is C17H32N2. The van der Waals surface area contributed by atoms with Crippen LogP contribution in [0.1, 0.15) is 40.5 Å². The molecule has 0 radical (unpaired) electrons. The van der Waals surface area contributed by atoms with Gasteiger partial charge in [0.1, 0.15) is 0 Å². The van der Waals surface area contributed by atoms with Gasteiger partial charge in [0.15, 0.2) is 0 Å². The third-order valence-electron chi connectivity index (χ3n) is 6.00. The van der Waals surface area contributed by atoms with Crippen LogP contribution >= 0.6 is 0 Å². The van der Waals surface area contributed by atoms with Gasteiger partial charge in [0.2, 0.25) is 0 Å². The van der Waals surface area contributed by atoms with Crippen molar-refractivity contribution in [2.75, 3.05) is 32.7 Å². The average molecular weight is 264 g/mol. The Hall–Kier alpha value is -0.0800. The van der Waals surface area contributed by atoms with Gasteiger partial charge >= 0.3 is 0 Å². The summed E-state index contributed by atoms with van der Waals surface area (Å²) in [4.78, 5) is 5.43. The molecule has 0 bridgehead atoms. The highest BCUT2D eigenvalue weighted by Gasteiger charge is 2.56. The van der Waals surface area contributed by atoms with Crippen molar-refractivity contribution >= 4 is 0 Å². The number of piperidine rings is 2. The van der Waals surface area contributed by atoms with Gasteiger partial charge < -0.3 is 9.80 Å². The smallest absolute Gasteiger partial charge is 0.00385 e. The molecule has 2 saturated heterocycles. The highest BCUT2D eigenvalue weighted by atomic mass is 15.2. The van der Waals surface area contributed by atoms with Crippen molar-refractivity contribution in [3.63, 3.8) is 0 Å². The van der Waals surface area contributed by atoms with E-state index in [-0.39, 0.29) is 0 Å².